The molecule has 4 aliphatic heterocycles. The molecule has 3 aromatic heterocycles. The van der Waals surface area contributed by atoms with Crippen molar-refractivity contribution in [1.29, 1.82) is 5.26 Å². The minimum Gasteiger partial charge on any atom is -0.495 e. The van der Waals surface area contributed by atoms with Crippen molar-refractivity contribution in [3.05, 3.63) is 88.6 Å². The van der Waals surface area contributed by atoms with Gasteiger partial charge in [0.1, 0.15) is 23.7 Å². The number of aromatic nitrogens is 6. The summed E-state index contributed by atoms with van der Waals surface area (Å²) in [4.78, 5) is 45.0. The van der Waals surface area contributed by atoms with Gasteiger partial charge in [0.05, 0.1) is 37.0 Å². The number of halogens is 2. The fourth-order valence-corrected chi connectivity index (χ4v) is 13.7. The molecule has 2 saturated heterocycles. The summed E-state index contributed by atoms with van der Waals surface area (Å²) in [5.74, 6) is 2.89. The van der Waals surface area contributed by atoms with E-state index in [1.165, 1.54) is 20.0 Å². The van der Waals surface area contributed by atoms with Gasteiger partial charge in [0.15, 0.2) is 5.82 Å². The molecule has 2 saturated carbocycles. The van der Waals surface area contributed by atoms with E-state index in [-0.39, 0.29) is 41.0 Å². The molecule has 0 radical (unpaired) electrons. The highest BCUT2D eigenvalue weighted by Crippen LogP contribution is 2.57. The van der Waals surface area contributed by atoms with Crippen molar-refractivity contribution in [2.45, 2.75) is 117 Å². The van der Waals surface area contributed by atoms with Crippen LogP contribution in [0.4, 0.5) is 26.2 Å². The third-order valence-electron chi connectivity index (χ3n) is 17.6. The lowest BCUT2D eigenvalue weighted by atomic mass is 9.49. The molecule has 11 rings (SSSR count). The molecule has 2 aromatic carbocycles. The molecule has 74 heavy (non-hydrogen) atoms. The quantitative estimate of drug-likeness (QED) is 0.127. The number of fused-ring (bicyclic) bond motifs is 2. The Morgan fingerprint density at radius 2 is 1.72 bits per heavy atom. The number of methoxy groups -OCH3 is 1. The van der Waals surface area contributed by atoms with Crippen LogP contribution in [-0.2, 0) is 31.2 Å². The lowest BCUT2D eigenvalue weighted by Crippen LogP contribution is -2.74. The number of anilines is 3. The van der Waals surface area contributed by atoms with Gasteiger partial charge in [0.25, 0.3) is 12.3 Å². The molecule has 16 nitrogen and oxygen atoms in total. The largest absolute Gasteiger partial charge is 0.495 e. The van der Waals surface area contributed by atoms with Gasteiger partial charge < -0.3 is 34.4 Å². The van der Waals surface area contributed by atoms with Gasteiger partial charge in [-0.2, -0.15) is 15.5 Å². The number of ether oxygens (including phenoxy) is 2. The number of carbonyl (C=O) groups is 2. The summed E-state index contributed by atoms with van der Waals surface area (Å²) in [5.41, 5.74) is 5.46. The summed E-state index contributed by atoms with van der Waals surface area (Å²) in [5, 5.41) is 22.4. The Morgan fingerprint density at radius 3 is 2.38 bits per heavy atom. The highest BCUT2D eigenvalue weighted by molar-refractivity contribution is 5.94. The van der Waals surface area contributed by atoms with E-state index in [4.69, 9.17) is 24.5 Å². The number of nitriles is 1. The standard InChI is InChI=1S/C56H68F2N12O4/c1-34(71)67-22-15-45-44(32-67)49(69-18-8-9-35-23-42(38-29-62-65(6)30-38)43(48(57)58)25-46(35)69)64-70(45)40-13-19-66(20-14-40)31-39-12-21-68(33-56(39)16-17-56)53-60-27-37(28-61-53)50(72)63-51-54(2,3)52(55(51,4)5)74-41-11-10-36(26-59)47(24-41)73-7/h10-11,23-25,27-30,39-40,48,51-52H,8-9,12-22,31-33H2,1-7H3,(H,63,72). The molecule has 5 aromatic rings. The van der Waals surface area contributed by atoms with Crippen molar-refractivity contribution in [2.75, 3.05) is 62.7 Å². The lowest BCUT2D eigenvalue weighted by Gasteiger charge is -2.63. The van der Waals surface area contributed by atoms with E-state index in [9.17, 15) is 23.6 Å². The molecule has 1 N–H and O–H groups in total. The predicted molar refractivity (Wildman–Crippen MR) is 276 cm³/mol. The van der Waals surface area contributed by atoms with Crippen LogP contribution in [0.25, 0.3) is 11.1 Å². The van der Waals surface area contributed by atoms with Crippen molar-refractivity contribution in [1.82, 2.24) is 44.6 Å². The van der Waals surface area contributed by atoms with Crippen LogP contribution >= 0.6 is 0 Å². The predicted octanol–water partition coefficient (Wildman–Crippen LogP) is 8.44. The van der Waals surface area contributed by atoms with Crippen LogP contribution in [0, 0.1) is 33.5 Å². The number of nitrogens with one attached hydrogen (secondary N) is 1. The molecule has 6 aliphatic rings. The first kappa shape index (κ1) is 49.6. The third kappa shape index (κ3) is 8.81. The number of rotatable bonds is 12. The van der Waals surface area contributed by atoms with Crippen LogP contribution in [0.15, 0.2) is 55.1 Å². The van der Waals surface area contributed by atoms with E-state index in [0.717, 1.165) is 93.2 Å². The molecular weight excluding hydrogens is 943 g/mol. The highest BCUT2D eigenvalue weighted by atomic mass is 19.3. The molecule has 1 unspecified atom stereocenters. The minimum atomic E-state index is -2.66. The second-order valence-corrected chi connectivity index (χ2v) is 23.0. The minimum absolute atomic E-state index is 0.0120. The van der Waals surface area contributed by atoms with E-state index in [1.54, 1.807) is 67.7 Å². The SMILES string of the molecule is COc1cc(OC2C(C)(C)C(NC(=O)c3cnc(N4CCC(CN5CCC(n6nc(N7CCCc8cc(-c9cnn(C)c9)c(C(F)F)cc87)c7c6CCN(C(C)=O)C7)CC5)C5(CC5)C4)nc3)C2(C)C)ccc1C#N. The molecule has 2 amide bonds. The number of piperidine rings is 2. The summed E-state index contributed by atoms with van der Waals surface area (Å²) in [6.07, 6.45) is 11.5. The zero-order valence-corrected chi connectivity index (χ0v) is 43.7. The number of hydrogen-bond donors (Lipinski definition) is 1. The highest BCUT2D eigenvalue weighted by Gasteiger charge is 2.64. The van der Waals surface area contributed by atoms with E-state index >= 15 is 0 Å². The Balaban J connectivity index is 0.721. The Kier molecular flexibility index (Phi) is 12.7. The van der Waals surface area contributed by atoms with Gasteiger partial charge >= 0.3 is 0 Å². The zero-order valence-electron chi connectivity index (χ0n) is 43.7. The van der Waals surface area contributed by atoms with E-state index in [2.05, 4.69) is 63.6 Å². The smallest absolute Gasteiger partial charge is 0.264 e. The maximum atomic E-state index is 14.8. The average molecular weight is 1010 g/mol. The lowest BCUT2D eigenvalue weighted by molar-refractivity contribution is -0.164. The Labute approximate surface area is 432 Å². The monoisotopic (exact) mass is 1010 g/mol. The van der Waals surface area contributed by atoms with Crippen LogP contribution in [0.3, 0.4) is 0 Å². The van der Waals surface area contributed by atoms with Gasteiger partial charge in [0.2, 0.25) is 11.9 Å². The summed E-state index contributed by atoms with van der Waals surface area (Å²) in [6, 6.07) is 11.0. The molecule has 390 valence electrons. The Hall–Kier alpha value is -6.61. The molecule has 4 fully saturated rings. The summed E-state index contributed by atoms with van der Waals surface area (Å²) in [6.45, 7) is 16.5. The maximum Gasteiger partial charge on any atom is 0.264 e. The van der Waals surface area contributed by atoms with Crippen molar-refractivity contribution in [3.8, 4) is 28.7 Å². The van der Waals surface area contributed by atoms with Crippen LogP contribution in [-0.4, -0.2) is 116 Å². The van der Waals surface area contributed by atoms with Crippen LogP contribution in [0.2, 0.25) is 0 Å². The number of likely N-dealkylation sites (tertiary alicyclic amines) is 1. The molecule has 0 bridgehead atoms. The van der Waals surface area contributed by atoms with Crippen LogP contribution < -0.4 is 24.6 Å². The van der Waals surface area contributed by atoms with E-state index in [1.807, 2.05) is 11.0 Å². The van der Waals surface area contributed by atoms with Crippen molar-refractivity contribution in [2.24, 2.45) is 29.2 Å². The first-order valence-electron chi connectivity index (χ1n) is 26.4. The number of carbonyl (C=O) groups excluding carboxylic acids is 2. The van der Waals surface area contributed by atoms with E-state index < -0.39 is 17.3 Å². The Morgan fingerprint density at radius 1 is 0.959 bits per heavy atom. The van der Waals surface area contributed by atoms with E-state index in [0.29, 0.717) is 71.7 Å². The van der Waals surface area contributed by atoms with Gasteiger partial charge in [-0.1, -0.05) is 27.7 Å². The zero-order chi connectivity index (χ0) is 51.8. The normalized spacial score (nSPS) is 22.9. The van der Waals surface area contributed by atoms with Crippen molar-refractivity contribution in [3.63, 3.8) is 0 Å². The fraction of sp³-hybridized carbons (Fsp3) is 0.554. The topological polar surface area (TPSA) is 163 Å². The van der Waals surface area contributed by atoms with Gasteiger partial charge in [-0.15, -0.1) is 0 Å². The molecular formula is C56H68F2N12O4. The maximum absolute atomic E-state index is 14.8. The van der Waals surface area contributed by atoms with Gasteiger partial charge in [0, 0.05) is 136 Å². The molecule has 2 aliphatic carbocycles. The molecule has 18 heteroatoms. The second kappa shape index (κ2) is 19.0. The van der Waals surface area contributed by atoms with Gasteiger partial charge in [-0.25, -0.2) is 18.7 Å². The first-order valence-corrected chi connectivity index (χ1v) is 26.4. The van der Waals surface area contributed by atoms with Crippen molar-refractivity contribution < 1.29 is 27.8 Å². The summed E-state index contributed by atoms with van der Waals surface area (Å²) >= 11 is 0. The third-order valence-corrected chi connectivity index (χ3v) is 17.6. The molecule has 1 atom stereocenters. The summed E-state index contributed by atoms with van der Waals surface area (Å²) < 4.78 is 45.4. The first-order chi connectivity index (χ1) is 35.5. The molecule has 1 spiro atoms. The molecule has 7 heterocycles. The summed E-state index contributed by atoms with van der Waals surface area (Å²) in [7, 11) is 3.33. The van der Waals surface area contributed by atoms with Gasteiger partial charge in [-0.05, 0) is 91.7 Å². The average Bonchev–Trinajstić information content (AvgIpc) is 3.87. The Bertz CT molecular complexity index is 2990. The van der Waals surface area contributed by atoms with Crippen LogP contribution in [0.5, 0.6) is 11.5 Å². The number of nitrogens with zero attached hydrogens (tertiary/aromatic N) is 11. The number of amides is 2. The number of aryl methyl sites for hydroxylation is 2. The number of benzene rings is 2. The fourth-order valence-electron chi connectivity index (χ4n) is 13.7. The van der Waals surface area contributed by atoms with Crippen LogP contribution in [0.1, 0.15) is 124 Å². The van der Waals surface area contributed by atoms with Gasteiger partial charge in [-0.3, -0.25) is 19.0 Å². The second-order valence-electron chi connectivity index (χ2n) is 23.0. The van der Waals surface area contributed by atoms with Crippen molar-refractivity contribution >= 4 is 29.3 Å². The number of alkyl halides is 2. The number of hydrogen-bond acceptors (Lipinski definition) is 12.